The monoisotopic (exact) mass is 283 g/mol. The van der Waals surface area contributed by atoms with Crippen LogP contribution in [-0.2, 0) is 0 Å². The minimum absolute atomic E-state index is 0.345. The molecular formula is C8H8F2IN. The summed E-state index contributed by atoms with van der Waals surface area (Å²) >= 11 is 1.82. The van der Waals surface area contributed by atoms with Gasteiger partial charge < -0.3 is 5.73 Å². The Hall–Kier alpha value is -0.230. The van der Waals surface area contributed by atoms with Gasteiger partial charge in [-0.05, 0) is 41.1 Å². The molecule has 0 heterocycles. The number of hydrogen-bond donors (Lipinski definition) is 1. The largest absolute Gasteiger partial charge is 0.324 e. The molecule has 2 N–H and O–H groups in total. The second-order valence-electron chi connectivity index (χ2n) is 2.58. The minimum Gasteiger partial charge on any atom is -0.324 e. The SMILES string of the molecule is C[C@@H](N)c1cc(F)cc(F)c1I. The Morgan fingerprint density at radius 3 is 2.50 bits per heavy atom. The summed E-state index contributed by atoms with van der Waals surface area (Å²) in [7, 11) is 0. The first kappa shape index (κ1) is 9.85. The molecule has 4 heteroatoms. The maximum Gasteiger partial charge on any atom is 0.139 e. The summed E-state index contributed by atoms with van der Waals surface area (Å²) < 4.78 is 26.0. The average molecular weight is 283 g/mol. The summed E-state index contributed by atoms with van der Waals surface area (Å²) in [6, 6.07) is 1.77. The van der Waals surface area contributed by atoms with Crippen LogP contribution in [0.2, 0.25) is 0 Å². The molecule has 0 saturated heterocycles. The van der Waals surface area contributed by atoms with E-state index in [2.05, 4.69) is 0 Å². The zero-order valence-electron chi connectivity index (χ0n) is 6.44. The Bertz CT molecular complexity index is 299. The summed E-state index contributed by atoms with van der Waals surface area (Å²) in [5, 5.41) is 0. The predicted molar refractivity (Wildman–Crippen MR) is 51.7 cm³/mol. The van der Waals surface area contributed by atoms with Crippen molar-refractivity contribution in [2.75, 3.05) is 0 Å². The van der Waals surface area contributed by atoms with Crippen molar-refractivity contribution in [1.82, 2.24) is 0 Å². The van der Waals surface area contributed by atoms with Gasteiger partial charge in [-0.25, -0.2) is 8.78 Å². The Morgan fingerprint density at radius 1 is 1.42 bits per heavy atom. The van der Waals surface area contributed by atoms with E-state index in [1.165, 1.54) is 6.07 Å². The van der Waals surface area contributed by atoms with E-state index in [-0.39, 0.29) is 6.04 Å². The van der Waals surface area contributed by atoms with Crippen LogP contribution in [0.4, 0.5) is 8.78 Å². The molecule has 0 fully saturated rings. The number of hydrogen-bond acceptors (Lipinski definition) is 1. The zero-order valence-corrected chi connectivity index (χ0v) is 8.60. The van der Waals surface area contributed by atoms with Crippen LogP contribution in [0.15, 0.2) is 12.1 Å². The smallest absolute Gasteiger partial charge is 0.139 e. The van der Waals surface area contributed by atoms with E-state index >= 15 is 0 Å². The summed E-state index contributed by atoms with van der Waals surface area (Å²) in [5.74, 6) is -1.14. The molecule has 0 spiro atoms. The number of benzene rings is 1. The normalized spacial score (nSPS) is 13.1. The van der Waals surface area contributed by atoms with Crippen LogP contribution in [0, 0.1) is 15.2 Å². The van der Waals surface area contributed by atoms with Crippen LogP contribution >= 0.6 is 22.6 Å². The summed E-state index contributed by atoms with van der Waals surface area (Å²) in [5.41, 5.74) is 6.02. The van der Waals surface area contributed by atoms with E-state index in [0.29, 0.717) is 9.13 Å². The third-order valence-corrected chi connectivity index (χ3v) is 2.65. The average Bonchev–Trinajstić information content (AvgIpc) is 1.96. The molecule has 1 aromatic rings. The highest BCUT2D eigenvalue weighted by Crippen LogP contribution is 2.22. The van der Waals surface area contributed by atoms with Gasteiger partial charge in [0.15, 0.2) is 0 Å². The second-order valence-corrected chi connectivity index (χ2v) is 3.66. The highest BCUT2D eigenvalue weighted by molar-refractivity contribution is 14.1. The van der Waals surface area contributed by atoms with E-state index in [9.17, 15) is 8.78 Å². The first-order valence-corrected chi connectivity index (χ1v) is 4.50. The van der Waals surface area contributed by atoms with Crippen molar-refractivity contribution in [2.45, 2.75) is 13.0 Å². The van der Waals surface area contributed by atoms with Crippen molar-refractivity contribution in [3.63, 3.8) is 0 Å². The zero-order chi connectivity index (χ0) is 9.30. The molecule has 1 atom stereocenters. The van der Waals surface area contributed by atoms with Crippen molar-refractivity contribution < 1.29 is 8.78 Å². The molecule has 12 heavy (non-hydrogen) atoms. The predicted octanol–water partition coefficient (Wildman–Crippen LogP) is 2.59. The lowest BCUT2D eigenvalue weighted by molar-refractivity contribution is 0.570. The standard InChI is InChI=1S/C8H8F2IN/c1-4(12)6-2-5(9)3-7(10)8(6)11/h2-4H,12H2,1H3/t4-/m1/s1. The molecule has 0 aliphatic carbocycles. The lowest BCUT2D eigenvalue weighted by Crippen LogP contribution is -2.08. The lowest BCUT2D eigenvalue weighted by atomic mass is 10.1. The quantitative estimate of drug-likeness (QED) is 0.622. The Labute approximate surface area is 83.1 Å². The Balaban J connectivity index is 3.28. The summed E-state index contributed by atoms with van der Waals surface area (Å²) in [6.45, 7) is 1.69. The molecule has 0 aromatic heterocycles. The van der Waals surface area contributed by atoms with E-state index < -0.39 is 11.6 Å². The van der Waals surface area contributed by atoms with Crippen molar-refractivity contribution in [3.05, 3.63) is 32.9 Å². The van der Waals surface area contributed by atoms with Crippen molar-refractivity contribution in [3.8, 4) is 0 Å². The molecule has 0 radical (unpaired) electrons. The molecule has 1 aromatic carbocycles. The van der Waals surface area contributed by atoms with Crippen LogP contribution in [0.1, 0.15) is 18.5 Å². The molecule has 1 rings (SSSR count). The van der Waals surface area contributed by atoms with E-state index in [1.807, 2.05) is 22.6 Å². The fourth-order valence-corrected chi connectivity index (χ4v) is 1.71. The summed E-state index contributed by atoms with van der Waals surface area (Å²) in [6.07, 6.45) is 0. The highest BCUT2D eigenvalue weighted by atomic mass is 127. The van der Waals surface area contributed by atoms with Crippen molar-refractivity contribution in [1.29, 1.82) is 0 Å². The van der Waals surface area contributed by atoms with Gasteiger partial charge >= 0.3 is 0 Å². The molecule has 0 bridgehead atoms. The molecule has 66 valence electrons. The first-order chi connectivity index (χ1) is 5.52. The fourth-order valence-electron chi connectivity index (χ4n) is 0.907. The van der Waals surface area contributed by atoms with Gasteiger partial charge in [0.05, 0.1) is 3.57 Å². The molecule has 0 unspecified atom stereocenters. The van der Waals surface area contributed by atoms with Crippen molar-refractivity contribution >= 4 is 22.6 Å². The van der Waals surface area contributed by atoms with Gasteiger partial charge in [0.25, 0.3) is 0 Å². The van der Waals surface area contributed by atoms with Gasteiger partial charge in [-0.2, -0.15) is 0 Å². The van der Waals surface area contributed by atoms with Gasteiger partial charge in [0.2, 0.25) is 0 Å². The minimum atomic E-state index is -0.583. The number of nitrogens with two attached hydrogens (primary N) is 1. The lowest BCUT2D eigenvalue weighted by Gasteiger charge is -2.08. The maximum absolute atomic E-state index is 12.9. The molecule has 1 nitrogen and oxygen atoms in total. The van der Waals surface area contributed by atoms with Gasteiger partial charge in [0, 0.05) is 12.1 Å². The maximum atomic E-state index is 12.9. The highest BCUT2D eigenvalue weighted by Gasteiger charge is 2.11. The molecule has 0 amide bonds. The van der Waals surface area contributed by atoms with E-state index in [4.69, 9.17) is 5.73 Å². The topological polar surface area (TPSA) is 26.0 Å². The molecule has 0 aliphatic rings. The summed E-state index contributed by atoms with van der Waals surface area (Å²) in [4.78, 5) is 0. The van der Waals surface area contributed by atoms with Crippen molar-refractivity contribution in [2.24, 2.45) is 5.73 Å². The van der Waals surface area contributed by atoms with Crippen LogP contribution in [0.3, 0.4) is 0 Å². The van der Waals surface area contributed by atoms with Crippen LogP contribution in [0.25, 0.3) is 0 Å². The first-order valence-electron chi connectivity index (χ1n) is 3.42. The van der Waals surface area contributed by atoms with Gasteiger partial charge in [0.1, 0.15) is 11.6 Å². The van der Waals surface area contributed by atoms with Gasteiger partial charge in [-0.15, -0.1) is 0 Å². The van der Waals surface area contributed by atoms with Gasteiger partial charge in [-0.3, -0.25) is 0 Å². The van der Waals surface area contributed by atoms with E-state index in [0.717, 1.165) is 6.07 Å². The van der Waals surface area contributed by atoms with Gasteiger partial charge in [-0.1, -0.05) is 0 Å². The molecular weight excluding hydrogens is 275 g/mol. The fraction of sp³-hybridized carbons (Fsp3) is 0.250. The molecule has 0 aliphatic heterocycles. The van der Waals surface area contributed by atoms with Crippen LogP contribution < -0.4 is 5.73 Å². The third-order valence-electron chi connectivity index (χ3n) is 1.51. The van der Waals surface area contributed by atoms with Crippen LogP contribution in [-0.4, -0.2) is 0 Å². The Morgan fingerprint density at radius 2 is 2.00 bits per heavy atom. The third kappa shape index (κ3) is 1.92. The molecule has 0 saturated carbocycles. The van der Waals surface area contributed by atoms with E-state index in [1.54, 1.807) is 6.92 Å². The number of halogens is 3. The number of rotatable bonds is 1. The Kier molecular flexibility index (Phi) is 3.00. The van der Waals surface area contributed by atoms with Crippen LogP contribution in [0.5, 0.6) is 0 Å². The second kappa shape index (κ2) is 3.66.